The smallest absolute Gasteiger partial charge is 0.255 e. The molecule has 0 spiro atoms. The van der Waals surface area contributed by atoms with Crippen LogP contribution in [0.3, 0.4) is 0 Å². The second-order valence-electron chi connectivity index (χ2n) is 7.26. The standard InChI is InChI=1S/C19H23N7O3/c1-25-19(22-15(24-25)6-7-20)21-9-11-2-3-13-12(8-11)10-26(18(13)29)14-4-5-16(27)23-17(14)28/h2-3,8,14H,4-7,9-10,20H2,1H3,(H,21,22,24)(H,23,27,28). The van der Waals surface area contributed by atoms with Crippen LogP contribution >= 0.6 is 0 Å². The highest BCUT2D eigenvalue weighted by molar-refractivity contribution is 6.05. The fourth-order valence-electron chi connectivity index (χ4n) is 3.75. The Labute approximate surface area is 167 Å². The van der Waals surface area contributed by atoms with Crippen LogP contribution in [0.25, 0.3) is 0 Å². The van der Waals surface area contributed by atoms with E-state index >= 15 is 0 Å². The zero-order valence-electron chi connectivity index (χ0n) is 16.1. The first-order valence-corrected chi connectivity index (χ1v) is 9.56. The quantitative estimate of drug-likeness (QED) is 0.569. The van der Waals surface area contributed by atoms with Crippen molar-refractivity contribution in [2.45, 2.75) is 38.4 Å². The summed E-state index contributed by atoms with van der Waals surface area (Å²) in [5, 5.41) is 9.86. The second-order valence-corrected chi connectivity index (χ2v) is 7.26. The maximum absolute atomic E-state index is 12.7. The third-order valence-electron chi connectivity index (χ3n) is 5.21. The van der Waals surface area contributed by atoms with Gasteiger partial charge in [-0.15, -0.1) is 0 Å². The first-order valence-electron chi connectivity index (χ1n) is 9.56. The van der Waals surface area contributed by atoms with Crippen LogP contribution in [0.4, 0.5) is 5.95 Å². The fourth-order valence-corrected chi connectivity index (χ4v) is 3.75. The molecule has 0 aliphatic carbocycles. The molecule has 10 nitrogen and oxygen atoms in total. The van der Waals surface area contributed by atoms with Gasteiger partial charge in [-0.25, -0.2) is 4.68 Å². The van der Waals surface area contributed by atoms with Crippen LogP contribution < -0.4 is 16.4 Å². The summed E-state index contributed by atoms with van der Waals surface area (Å²) in [6, 6.07) is 5.03. The minimum absolute atomic E-state index is 0.172. The van der Waals surface area contributed by atoms with Crippen molar-refractivity contribution in [3.8, 4) is 0 Å². The van der Waals surface area contributed by atoms with Gasteiger partial charge in [0.1, 0.15) is 6.04 Å². The number of aryl methyl sites for hydroxylation is 1. The lowest BCUT2D eigenvalue weighted by molar-refractivity contribution is -0.136. The summed E-state index contributed by atoms with van der Waals surface area (Å²) in [6.45, 7) is 1.37. The van der Waals surface area contributed by atoms with Crippen LogP contribution in [-0.4, -0.2) is 50.0 Å². The second kappa shape index (κ2) is 7.63. The summed E-state index contributed by atoms with van der Waals surface area (Å²) in [7, 11) is 1.81. The van der Waals surface area contributed by atoms with Crippen molar-refractivity contribution in [1.29, 1.82) is 0 Å². The number of amides is 3. The first-order chi connectivity index (χ1) is 14.0. The van der Waals surface area contributed by atoms with Crippen LogP contribution in [0.1, 0.15) is 40.2 Å². The molecule has 0 radical (unpaired) electrons. The molecule has 2 aliphatic heterocycles. The Bertz CT molecular complexity index is 984. The summed E-state index contributed by atoms with van der Waals surface area (Å²) in [4.78, 5) is 42.2. The average molecular weight is 397 g/mol. The fraction of sp³-hybridized carbons (Fsp3) is 0.421. The van der Waals surface area contributed by atoms with Gasteiger partial charge in [0.15, 0.2) is 5.82 Å². The predicted molar refractivity (Wildman–Crippen MR) is 104 cm³/mol. The molecule has 29 heavy (non-hydrogen) atoms. The summed E-state index contributed by atoms with van der Waals surface area (Å²) in [5.74, 6) is 0.475. The van der Waals surface area contributed by atoms with E-state index in [4.69, 9.17) is 5.73 Å². The van der Waals surface area contributed by atoms with Crippen LogP contribution in [0.5, 0.6) is 0 Å². The largest absolute Gasteiger partial charge is 0.350 e. The molecule has 10 heteroatoms. The lowest BCUT2D eigenvalue weighted by atomic mass is 10.0. The molecule has 3 heterocycles. The van der Waals surface area contributed by atoms with Gasteiger partial charge in [0.25, 0.3) is 5.91 Å². The van der Waals surface area contributed by atoms with Crippen molar-refractivity contribution in [2.24, 2.45) is 12.8 Å². The van der Waals surface area contributed by atoms with Crippen LogP contribution in [0.2, 0.25) is 0 Å². The van der Waals surface area contributed by atoms with E-state index < -0.39 is 11.9 Å². The lowest BCUT2D eigenvalue weighted by Gasteiger charge is -2.29. The molecule has 1 aromatic heterocycles. The van der Waals surface area contributed by atoms with Crippen LogP contribution in [0, 0.1) is 0 Å². The third kappa shape index (κ3) is 3.70. The van der Waals surface area contributed by atoms with E-state index in [1.807, 2.05) is 19.2 Å². The maximum atomic E-state index is 12.7. The molecule has 3 amide bonds. The summed E-state index contributed by atoms with van der Waals surface area (Å²) in [6.07, 6.45) is 1.22. The number of rotatable bonds is 6. The molecule has 1 aromatic carbocycles. The van der Waals surface area contributed by atoms with Gasteiger partial charge in [0.2, 0.25) is 17.8 Å². The number of piperidine rings is 1. The Kier molecular flexibility index (Phi) is 5.01. The molecule has 2 aromatic rings. The van der Waals surface area contributed by atoms with E-state index in [0.29, 0.717) is 49.8 Å². The summed E-state index contributed by atoms with van der Waals surface area (Å²) in [5.41, 5.74) is 8.01. The lowest BCUT2D eigenvalue weighted by Crippen LogP contribution is -2.52. The number of anilines is 1. The molecule has 0 bridgehead atoms. The Hall–Kier alpha value is -3.27. The minimum Gasteiger partial charge on any atom is -0.350 e. The highest BCUT2D eigenvalue weighted by atomic mass is 16.2. The molecule has 1 fully saturated rings. The average Bonchev–Trinajstić information content (AvgIpc) is 3.20. The number of fused-ring (bicyclic) bond motifs is 1. The van der Waals surface area contributed by atoms with Gasteiger partial charge in [-0.2, -0.15) is 10.1 Å². The number of imide groups is 1. The SMILES string of the molecule is Cn1nc(CCN)nc1NCc1ccc2c(c1)CN(C1CCC(=O)NC1=O)C2=O. The normalized spacial score (nSPS) is 18.8. The van der Waals surface area contributed by atoms with Gasteiger partial charge in [-0.1, -0.05) is 12.1 Å². The van der Waals surface area contributed by atoms with E-state index in [1.165, 1.54) is 0 Å². The van der Waals surface area contributed by atoms with E-state index in [2.05, 4.69) is 20.7 Å². The molecule has 152 valence electrons. The van der Waals surface area contributed by atoms with Crippen molar-refractivity contribution in [3.63, 3.8) is 0 Å². The van der Waals surface area contributed by atoms with Crippen molar-refractivity contribution >= 4 is 23.7 Å². The van der Waals surface area contributed by atoms with Gasteiger partial charge < -0.3 is 16.0 Å². The molecular weight excluding hydrogens is 374 g/mol. The van der Waals surface area contributed by atoms with Crippen molar-refractivity contribution < 1.29 is 14.4 Å². The number of carbonyl (C=O) groups is 3. The number of nitrogens with one attached hydrogen (secondary N) is 2. The first kappa shape index (κ1) is 19.1. The molecule has 0 saturated carbocycles. The van der Waals surface area contributed by atoms with E-state index in [1.54, 1.807) is 15.6 Å². The van der Waals surface area contributed by atoms with Crippen molar-refractivity contribution in [2.75, 3.05) is 11.9 Å². The maximum Gasteiger partial charge on any atom is 0.255 e. The molecule has 4 rings (SSSR count). The number of benzene rings is 1. The van der Waals surface area contributed by atoms with Gasteiger partial charge in [0, 0.05) is 38.5 Å². The zero-order valence-corrected chi connectivity index (χ0v) is 16.1. The summed E-state index contributed by atoms with van der Waals surface area (Å²) < 4.78 is 1.67. The molecule has 1 saturated heterocycles. The number of carbonyl (C=O) groups excluding carboxylic acids is 3. The van der Waals surface area contributed by atoms with E-state index in [9.17, 15) is 14.4 Å². The van der Waals surface area contributed by atoms with Gasteiger partial charge in [-0.05, 0) is 30.2 Å². The highest BCUT2D eigenvalue weighted by Crippen LogP contribution is 2.28. The molecule has 1 unspecified atom stereocenters. The monoisotopic (exact) mass is 397 g/mol. The van der Waals surface area contributed by atoms with Gasteiger partial charge in [0.05, 0.1) is 0 Å². The Balaban J connectivity index is 1.45. The molecule has 1 atom stereocenters. The molecular formula is C19H23N7O3. The minimum atomic E-state index is -0.603. The zero-order chi connectivity index (χ0) is 20.5. The number of aromatic nitrogens is 3. The van der Waals surface area contributed by atoms with Crippen LogP contribution in [-0.2, 0) is 36.1 Å². The Morgan fingerprint density at radius 3 is 2.90 bits per heavy atom. The van der Waals surface area contributed by atoms with Crippen molar-refractivity contribution in [3.05, 3.63) is 40.7 Å². The number of nitrogens with two attached hydrogens (primary N) is 1. The number of hydrogen-bond donors (Lipinski definition) is 3. The molecule has 2 aliphatic rings. The van der Waals surface area contributed by atoms with Crippen LogP contribution in [0.15, 0.2) is 18.2 Å². The van der Waals surface area contributed by atoms with Gasteiger partial charge >= 0.3 is 0 Å². The van der Waals surface area contributed by atoms with E-state index in [-0.39, 0.29) is 18.2 Å². The topological polar surface area (TPSA) is 135 Å². The van der Waals surface area contributed by atoms with Gasteiger partial charge in [-0.3, -0.25) is 19.7 Å². The Morgan fingerprint density at radius 2 is 2.14 bits per heavy atom. The number of nitrogens with zero attached hydrogens (tertiary/aromatic N) is 4. The predicted octanol–water partition coefficient (Wildman–Crippen LogP) is -0.311. The highest BCUT2D eigenvalue weighted by Gasteiger charge is 2.39. The molecule has 4 N–H and O–H groups in total. The third-order valence-corrected chi connectivity index (χ3v) is 5.21. The summed E-state index contributed by atoms with van der Waals surface area (Å²) >= 11 is 0. The van der Waals surface area contributed by atoms with E-state index in [0.717, 1.165) is 11.1 Å². The van der Waals surface area contributed by atoms with Crippen molar-refractivity contribution in [1.82, 2.24) is 25.0 Å². The Morgan fingerprint density at radius 1 is 1.31 bits per heavy atom. The number of hydrogen-bond acceptors (Lipinski definition) is 7.